The molecule has 0 heterocycles. The third-order valence-electron chi connectivity index (χ3n) is 2.27. The van der Waals surface area contributed by atoms with Crippen molar-refractivity contribution in [3.05, 3.63) is 29.8 Å². The lowest BCUT2D eigenvalue weighted by molar-refractivity contribution is -0.117. The van der Waals surface area contributed by atoms with E-state index in [1.54, 1.807) is 24.3 Å². The molecular weight excluding hydrogens is 214 g/mol. The van der Waals surface area contributed by atoms with Crippen molar-refractivity contribution in [2.45, 2.75) is 34.1 Å². The van der Waals surface area contributed by atoms with Gasteiger partial charge in [0.15, 0.2) is 5.78 Å². The smallest absolute Gasteiger partial charge is 0.224 e. The maximum absolute atomic E-state index is 11.7. The van der Waals surface area contributed by atoms with E-state index in [0.29, 0.717) is 12.0 Å². The summed E-state index contributed by atoms with van der Waals surface area (Å²) < 4.78 is 0. The molecule has 1 aromatic carbocycles. The Bertz CT molecular complexity index is 413. The summed E-state index contributed by atoms with van der Waals surface area (Å²) in [6.45, 7) is 7.58. The van der Waals surface area contributed by atoms with Gasteiger partial charge in [-0.15, -0.1) is 0 Å². The molecule has 1 N–H and O–H groups in total. The lowest BCUT2D eigenvalue weighted by Gasteiger charge is -2.17. The predicted molar refractivity (Wildman–Crippen MR) is 69.1 cm³/mol. The Kier molecular flexibility index (Phi) is 4.05. The number of anilines is 1. The number of hydrogen-bond donors (Lipinski definition) is 1. The number of carbonyl (C=O) groups excluding carboxylic acids is 2. The van der Waals surface area contributed by atoms with Crippen LogP contribution in [0.3, 0.4) is 0 Å². The molecule has 0 aromatic heterocycles. The molecular formula is C14H19NO2. The summed E-state index contributed by atoms with van der Waals surface area (Å²) in [7, 11) is 0. The molecule has 3 nitrogen and oxygen atoms in total. The van der Waals surface area contributed by atoms with Crippen LogP contribution in [-0.4, -0.2) is 11.7 Å². The average molecular weight is 233 g/mol. The van der Waals surface area contributed by atoms with Gasteiger partial charge >= 0.3 is 0 Å². The number of rotatable bonds is 3. The molecule has 0 fully saturated rings. The van der Waals surface area contributed by atoms with Crippen molar-refractivity contribution >= 4 is 17.4 Å². The molecule has 1 rings (SSSR count). The van der Waals surface area contributed by atoms with Crippen LogP contribution >= 0.6 is 0 Å². The van der Waals surface area contributed by atoms with Crippen LogP contribution in [0.4, 0.5) is 5.69 Å². The first-order chi connectivity index (χ1) is 7.78. The van der Waals surface area contributed by atoms with E-state index in [-0.39, 0.29) is 17.1 Å². The Morgan fingerprint density at radius 3 is 2.06 bits per heavy atom. The fourth-order valence-corrected chi connectivity index (χ4v) is 1.48. The van der Waals surface area contributed by atoms with Crippen molar-refractivity contribution < 1.29 is 9.59 Å². The highest BCUT2D eigenvalue weighted by molar-refractivity contribution is 5.95. The SMILES string of the molecule is CC(=O)c1ccc(NC(=O)CC(C)(C)C)cc1. The first-order valence-corrected chi connectivity index (χ1v) is 5.69. The highest BCUT2D eigenvalue weighted by Gasteiger charge is 2.15. The van der Waals surface area contributed by atoms with Gasteiger partial charge in [-0.05, 0) is 36.6 Å². The lowest BCUT2D eigenvalue weighted by Crippen LogP contribution is -2.19. The minimum atomic E-state index is -0.0244. The minimum Gasteiger partial charge on any atom is -0.326 e. The van der Waals surface area contributed by atoms with Crippen LogP contribution in [0.1, 0.15) is 44.5 Å². The normalized spacial score (nSPS) is 11.1. The van der Waals surface area contributed by atoms with Crippen LogP contribution in [0.2, 0.25) is 0 Å². The van der Waals surface area contributed by atoms with E-state index >= 15 is 0 Å². The summed E-state index contributed by atoms with van der Waals surface area (Å²) in [4.78, 5) is 22.7. The maximum atomic E-state index is 11.7. The van der Waals surface area contributed by atoms with Gasteiger partial charge in [0.1, 0.15) is 0 Å². The van der Waals surface area contributed by atoms with Crippen LogP contribution in [0.5, 0.6) is 0 Å². The van der Waals surface area contributed by atoms with Crippen molar-refractivity contribution in [3.63, 3.8) is 0 Å². The van der Waals surface area contributed by atoms with E-state index < -0.39 is 0 Å². The molecule has 0 unspecified atom stereocenters. The van der Waals surface area contributed by atoms with Gasteiger partial charge in [-0.25, -0.2) is 0 Å². The quantitative estimate of drug-likeness (QED) is 0.814. The number of Topliss-reactive ketones (excluding diaryl/α,β-unsaturated/α-hetero) is 1. The second kappa shape index (κ2) is 5.13. The van der Waals surface area contributed by atoms with Crippen molar-refractivity contribution in [1.82, 2.24) is 0 Å². The largest absolute Gasteiger partial charge is 0.326 e. The van der Waals surface area contributed by atoms with E-state index in [0.717, 1.165) is 5.69 Å². The maximum Gasteiger partial charge on any atom is 0.224 e. The van der Waals surface area contributed by atoms with Gasteiger partial charge in [0.2, 0.25) is 5.91 Å². The van der Waals surface area contributed by atoms with E-state index in [2.05, 4.69) is 5.32 Å². The zero-order valence-electron chi connectivity index (χ0n) is 10.8. The van der Waals surface area contributed by atoms with Gasteiger partial charge in [0.25, 0.3) is 0 Å². The van der Waals surface area contributed by atoms with Crippen LogP contribution < -0.4 is 5.32 Å². The minimum absolute atomic E-state index is 0.00641. The first-order valence-electron chi connectivity index (χ1n) is 5.69. The highest BCUT2D eigenvalue weighted by atomic mass is 16.1. The first kappa shape index (κ1) is 13.4. The van der Waals surface area contributed by atoms with E-state index in [4.69, 9.17) is 0 Å². The van der Waals surface area contributed by atoms with Gasteiger partial charge in [-0.1, -0.05) is 20.8 Å². The van der Waals surface area contributed by atoms with Gasteiger partial charge in [-0.3, -0.25) is 9.59 Å². The standard InChI is InChI=1S/C14H19NO2/c1-10(16)11-5-7-12(8-6-11)15-13(17)9-14(2,3)4/h5-8H,9H2,1-4H3,(H,15,17). The summed E-state index contributed by atoms with van der Waals surface area (Å²) in [5.41, 5.74) is 1.35. The Morgan fingerprint density at radius 1 is 1.12 bits per heavy atom. The van der Waals surface area contributed by atoms with Crippen LogP contribution in [0.15, 0.2) is 24.3 Å². The Hall–Kier alpha value is -1.64. The molecule has 3 heteroatoms. The number of nitrogens with one attached hydrogen (secondary N) is 1. The fraction of sp³-hybridized carbons (Fsp3) is 0.429. The van der Waals surface area contributed by atoms with Crippen molar-refractivity contribution in [1.29, 1.82) is 0 Å². The summed E-state index contributed by atoms with van der Waals surface area (Å²) in [5.74, 6) is 0.0191. The Labute approximate surface area is 102 Å². The molecule has 0 aliphatic rings. The fourth-order valence-electron chi connectivity index (χ4n) is 1.48. The zero-order chi connectivity index (χ0) is 13.1. The molecule has 1 amide bonds. The third-order valence-corrected chi connectivity index (χ3v) is 2.27. The number of hydrogen-bond acceptors (Lipinski definition) is 2. The molecule has 0 aliphatic carbocycles. The monoisotopic (exact) mass is 233 g/mol. The predicted octanol–water partition coefficient (Wildman–Crippen LogP) is 3.26. The Balaban J connectivity index is 2.64. The van der Waals surface area contributed by atoms with Crippen LogP contribution in [0, 0.1) is 5.41 Å². The van der Waals surface area contributed by atoms with Crippen LogP contribution in [-0.2, 0) is 4.79 Å². The molecule has 0 spiro atoms. The van der Waals surface area contributed by atoms with Gasteiger partial charge < -0.3 is 5.32 Å². The van der Waals surface area contributed by atoms with E-state index in [9.17, 15) is 9.59 Å². The third kappa shape index (κ3) is 4.81. The number of benzene rings is 1. The summed E-state index contributed by atoms with van der Waals surface area (Å²) >= 11 is 0. The molecule has 17 heavy (non-hydrogen) atoms. The molecule has 0 saturated carbocycles. The number of ketones is 1. The van der Waals surface area contributed by atoms with Crippen molar-refractivity contribution in [2.75, 3.05) is 5.32 Å². The van der Waals surface area contributed by atoms with Gasteiger partial charge in [-0.2, -0.15) is 0 Å². The second-order valence-electron chi connectivity index (χ2n) is 5.42. The second-order valence-corrected chi connectivity index (χ2v) is 5.42. The summed E-state index contributed by atoms with van der Waals surface area (Å²) in [6, 6.07) is 6.93. The topological polar surface area (TPSA) is 46.2 Å². The van der Waals surface area contributed by atoms with Gasteiger partial charge in [0, 0.05) is 17.7 Å². The molecule has 0 bridgehead atoms. The summed E-state index contributed by atoms with van der Waals surface area (Å²) in [6.07, 6.45) is 0.474. The highest BCUT2D eigenvalue weighted by Crippen LogP contribution is 2.19. The van der Waals surface area contributed by atoms with Crippen LogP contribution in [0.25, 0.3) is 0 Å². The molecule has 0 aliphatic heterocycles. The summed E-state index contributed by atoms with van der Waals surface area (Å²) in [5, 5.41) is 2.81. The molecule has 1 aromatic rings. The average Bonchev–Trinajstić information content (AvgIpc) is 2.15. The molecule has 92 valence electrons. The molecule has 0 atom stereocenters. The Morgan fingerprint density at radius 2 is 1.65 bits per heavy atom. The van der Waals surface area contributed by atoms with Crippen molar-refractivity contribution in [3.8, 4) is 0 Å². The van der Waals surface area contributed by atoms with Crippen molar-refractivity contribution in [2.24, 2.45) is 5.41 Å². The number of amides is 1. The number of carbonyl (C=O) groups is 2. The molecule has 0 saturated heterocycles. The zero-order valence-corrected chi connectivity index (χ0v) is 10.8. The van der Waals surface area contributed by atoms with E-state index in [1.807, 2.05) is 20.8 Å². The molecule has 0 radical (unpaired) electrons. The lowest BCUT2D eigenvalue weighted by atomic mass is 9.92. The van der Waals surface area contributed by atoms with Gasteiger partial charge in [0.05, 0.1) is 0 Å². The van der Waals surface area contributed by atoms with E-state index in [1.165, 1.54) is 6.92 Å².